The van der Waals surface area contributed by atoms with Crippen LogP contribution in [0.5, 0.6) is 5.75 Å². The summed E-state index contributed by atoms with van der Waals surface area (Å²) in [6.45, 7) is 8.50. The zero-order valence-electron chi connectivity index (χ0n) is 41.9. The molecule has 0 bridgehead atoms. The number of ether oxygens (including phenoxy) is 1. The van der Waals surface area contributed by atoms with Crippen LogP contribution in [0.4, 0.5) is 11.4 Å². The van der Waals surface area contributed by atoms with E-state index in [1.807, 2.05) is 71.6 Å². The van der Waals surface area contributed by atoms with Gasteiger partial charge in [-0.25, -0.2) is 0 Å². The molecule has 3 fully saturated rings. The molecule has 8 rings (SSSR count). The standard InChI is InChI=1S/C54H68ClN9O9/c1-38-50(64(70)71)49(58-73-38)54(69)62-34-32-61(33-35-62)51(39-16-20-41(55)21-17-39)40-18-22-42(23-19-40)72-37-48(66)60-30-28-59(29-31-60)27-12-10-8-6-4-2-3-5-7-9-11-26-56-45-15-13-14-43-44(45)36-63(53(43)68)46-24-25-47(65)57-52(46)67/h13-23,46,51,56H,2-12,24-37H2,1H3,(H,57,65,67). The van der Waals surface area contributed by atoms with Crippen molar-refractivity contribution in [1.29, 1.82) is 0 Å². The van der Waals surface area contributed by atoms with Gasteiger partial charge in [-0.3, -0.25) is 49.2 Å². The summed E-state index contributed by atoms with van der Waals surface area (Å²) in [6.07, 6.45) is 14.0. The number of nitrogens with one attached hydrogen (secondary N) is 2. The maximum atomic E-state index is 13.3. The minimum absolute atomic E-state index is 0.00645. The third-order valence-corrected chi connectivity index (χ3v) is 15.0. The molecule has 0 aliphatic carbocycles. The van der Waals surface area contributed by atoms with Crippen LogP contribution in [0.3, 0.4) is 0 Å². The van der Waals surface area contributed by atoms with E-state index >= 15 is 0 Å². The number of fused-ring (bicyclic) bond motifs is 1. The molecule has 0 spiro atoms. The van der Waals surface area contributed by atoms with E-state index in [2.05, 4.69) is 25.6 Å². The van der Waals surface area contributed by atoms with E-state index in [4.69, 9.17) is 20.9 Å². The molecule has 1 aromatic heterocycles. The first-order chi connectivity index (χ1) is 35.4. The third-order valence-electron chi connectivity index (χ3n) is 14.7. The van der Waals surface area contributed by atoms with Gasteiger partial charge in [0.25, 0.3) is 17.7 Å². The molecule has 390 valence electrons. The lowest BCUT2D eigenvalue weighted by Gasteiger charge is -2.39. The molecule has 2 unspecified atom stereocenters. The minimum atomic E-state index is -0.635. The number of nitrogens with zero attached hydrogens (tertiary/aromatic N) is 7. The molecule has 4 aromatic rings. The smallest absolute Gasteiger partial charge is 0.344 e. The van der Waals surface area contributed by atoms with Crippen molar-refractivity contribution in [2.75, 3.05) is 77.4 Å². The second-order valence-corrected chi connectivity index (χ2v) is 20.0. The Kier molecular flexibility index (Phi) is 18.5. The molecule has 3 aromatic carbocycles. The van der Waals surface area contributed by atoms with Gasteiger partial charge in [-0.05, 0) is 73.3 Å². The van der Waals surface area contributed by atoms with Crippen LogP contribution in [0, 0.1) is 17.0 Å². The molecular formula is C54H68ClN9O9. The number of amides is 5. The Morgan fingerprint density at radius 1 is 0.822 bits per heavy atom. The summed E-state index contributed by atoms with van der Waals surface area (Å²) in [5.41, 5.74) is 3.85. The van der Waals surface area contributed by atoms with Crippen LogP contribution in [-0.4, -0.2) is 142 Å². The highest BCUT2D eigenvalue weighted by Crippen LogP contribution is 2.34. The van der Waals surface area contributed by atoms with Crippen LogP contribution in [0.25, 0.3) is 0 Å². The van der Waals surface area contributed by atoms with Crippen molar-refractivity contribution in [1.82, 2.24) is 35.0 Å². The number of aromatic nitrogens is 1. The van der Waals surface area contributed by atoms with Crippen LogP contribution in [0.15, 0.2) is 71.3 Å². The van der Waals surface area contributed by atoms with Crippen molar-refractivity contribution >= 4 is 52.5 Å². The summed E-state index contributed by atoms with van der Waals surface area (Å²) >= 11 is 6.25. The number of nitro groups is 1. The van der Waals surface area contributed by atoms with Crippen molar-refractivity contribution in [2.45, 2.75) is 109 Å². The molecular weight excluding hydrogens is 954 g/mol. The van der Waals surface area contributed by atoms with E-state index in [0.29, 0.717) is 68.6 Å². The summed E-state index contributed by atoms with van der Waals surface area (Å²) in [5.74, 6) is -0.773. The average molecular weight is 1020 g/mol. The quantitative estimate of drug-likeness (QED) is 0.0298. The second-order valence-electron chi connectivity index (χ2n) is 19.6. The number of piperidine rings is 1. The molecule has 2 N–H and O–H groups in total. The zero-order chi connectivity index (χ0) is 51.3. The Balaban J connectivity index is 0.655. The molecule has 18 nitrogen and oxygen atoms in total. The molecule has 73 heavy (non-hydrogen) atoms. The van der Waals surface area contributed by atoms with Gasteiger partial charge in [-0.2, -0.15) is 0 Å². The summed E-state index contributed by atoms with van der Waals surface area (Å²) in [6, 6.07) is 20.4. The van der Waals surface area contributed by atoms with Crippen LogP contribution < -0.4 is 15.4 Å². The predicted molar refractivity (Wildman–Crippen MR) is 275 cm³/mol. The number of piperazine rings is 2. The number of imide groups is 1. The summed E-state index contributed by atoms with van der Waals surface area (Å²) in [4.78, 5) is 84.3. The molecule has 4 aliphatic heterocycles. The van der Waals surface area contributed by atoms with Gasteiger partial charge in [0.05, 0.1) is 11.0 Å². The van der Waals surface area contributed by atoms with Crippen LogP contribution in [0.1, 0.15) is 133 Å². The molecule has 3 saturated heterocycles. The van der Waals surface area contributed by atoms with Crippen molar-refractivity contribution in [3.63, 3.8) is 0 Å². The van der Waals surface area contributed by atoms with Gasteiger partial charge in [0.1, 0.15) is 11.8 Å². The minimum Gasteiger partial charge on any atom is -0.484 e. The Morgan fingerprint density at radius 3 is 2.08 bits per heavy atom. The van der Waals surface area contributed by atoms with Crippen molar-refractivity contribution in [3.8, 4) is 5.75 Å². The number of carbonyl (C=O) groups excluding carboxylic acids is 5. The Labute approximate surface area is 431 Å². The number of halogens is 1. The van der Waals surface area contributed by atoms with Crippen LogP contribution in [0.2, 0.25) is 5.02 Å². The zero-order valence-corrected chi connectivity index (χ0v) is 42.6. The van der Waals surface area contributed by atoms with E-state index < -0.39 is 22.6 Å². The number of carbonyl (C=O) groups is 5. The molecule has 19 heteroatoms. The number of hydrogen-bond acceptors (Lipinski definition) is 13. The lowest BCUT2D eigenvalue weighted by atomic mass is 9.96. The van der Waals surface area contributed by atoms with Crippen molar-refractivity contribution in [3.05, 3.63) is 116 Å². The molecule has 0 saturated carbocycles. The Bertz CT molecular complexity index is 2560. The first-order valence-corrected chi connectivity index (χ1v) is 26.5. The van der Waals surface area contributed by atoms with Gasteiger partial charge in [-0.1, -0.05) is 105 Å². The van der Waals surface area contributed by atoms with Gasteiger partial charge in [0, 0.05) is 101 Å². The van der Waals surface area contributed by atoms with E-state index in [0.717, 1.165) is 61.4 Å². The monoisotopic (exact) mass is 1020 g/mol. The number of unbranched alkanes of at least 4 members (excludes halogenated alkanes) is 10. The van der Waals surface area contributed by atoms with Crippen molar-refractivity contribution < 1.29 is 38.2 Å². The average Bonchev–Trinajstić information content (AvgIpc) is 3.96. The molecule has 5 heterocycles. The normalized spacial score (nSPS) is 17.9. The highest BCUT2D eigenvalue weighted by atomic mass is 35.5. The summed E-state index contributed by atoms with van der Waals surface area (Å²) in [7, 11) is 0. The van der Waals surface area contributed by atoms with Crippen LogP contribution in [-0.2, 0) is 20.9 Å². The van der Waals surface area contributed by atoms with Crippen LogP contribution >= 0.6 is 11.6 Å². The lowest BCUT2D eigenvalue weighted by Crippen LogP contribution is -2.52. The van der Waals surface area contributed by atoms with Gasteiger partial charge in [0.15, 0.2) is 6.61 Å². The van der Waals surface area contributed by atoms with E-state index in [9.17, 15) is 34.1 Å². The van der Waals surface area contributed by atoms with Gasteiger partial charge in [0.2, 0.25) is 23.3 Å². The highest BCUT2D eigenvalue weighted by molar-refractivity contribution is 6.30. The number of rotatable bonds is 24. The molecule has 2 atom stereocenters. The maximum Gasteiger partial charge on any atom is 0.344 e. The number of benzene rings is 3. The van der Waals surface area contributed by atoms with Gasteiger partial charge < -0.3 is 29.3 Å². The third kappa shape index (κ3) is 13.6. The van der Waals surface area contributed by atoms with Crippen molar-refractivity contribution in [2.24, 2.45) is 0 Å². The Morgan fingerprint density at radius 2 is 1.44 bits per heavy atom. The molecule has 4 aliphatic rings. The van der Waals surface area contributed by atoms with Gasteiger partial charge >= 0.3 is 5.69 Å². The SMILES string of the molecule is Cc1onc(C(=O)N2CCN(C(c3ccc(Cl)cc3)c3ccc(OCC(=O)N4CCN(CCCCCCCCCCCCCNc5cccc6c5CN(C5CCC(=O)NC5=O)C6=O)CC4)cc3)CC2)c1[N+](=O)[O-]. The predicted octanol–water partition coefficient (Wildman–Crippen LogP) is 7.78. The highest BCUT2D eigenvalue weighted by Gasteiger charge is 2.40. The lowest BCUT2D eigenvalue weighted by molar-refractivity contribution is -0.386. The van der Waals surface area contributed by atoms with E-state index in [1.165, 1.54) is 64.7 Å². The fourth-order valence-electron chi connectivity index (χ4n) is 10.5. The fourth-order valence-corrected chi connectivity index (χ4v) is 10.7. The fraction of sp³-hybridized carbons (Fsp3) is 0.519. The van der Waals surface area contributed by atoms with Gasteiger partial charge in [-0.15, -0.1) is 0 Å². The molecule has 0 radical (unpaired) electrons. The van der Waals surface area contributed by atoms with E-state index in [-0.39, 0.29) is 54.2 Å². The second kappa shape index (κ2) is 25.5. The number of anilines is 1. The largest absolute Gasteiger partial charge is 0.484 e. The maximum absolute atomic E-state index is 13.3. The first-order valence-electron chi connectivity index (χ1n) is 26.1. The number of hydrogen-bond donors (Lipinski definition) is 2. The summed E-state index contributed by atoms with van der Waals surface area (Å²) < 4.78 is 11.0. The topological polar surface area (TPSA) is 204 Å². The van der Waals surface area contributed by atoms with E-state index in [1.54, 1.807) is 9.80 Å². The summed E-state index contributed by atoms with van der Waals surface area (Å²) in [5, 5.41) is 21.8. The first kappa shape index (κ1) is 52.9. The number of aryl methyl sites for hydroxylation is 1. The molecule has 5 amide bonds. The Hall–Kier alpha value is -6.37.